The van der Waals surface area contributed by atoms with Gasteiger partial charge in [-0.3, -0.25) is 9.59 Å². The lowest BCUT2D eigenvalue weighted by molar-refractivity contribution is -0.143. The molecule has 0 saturated carbocycles. The summed E-state index contributed by atoms with van der Waals surface area (Å²) in [6, 6.07) is 33.1. The molecule has 0 spiro atoms. The zero-order chi connectivity index (χ0) is 26.0. The molecule has 0 bridgehead atoms. The second-order valence-electron chi connectivity index (χ2n) is 8.51. The van der Waals surface area contributed by atoms with Crippen molar-refractivity contribution in [3.05, 3.63) is 108 Å². The smallest absolute Gasteiger partial charge is 0.310 e. The first-order valence-electron chi connectivity index (χ1n) is 12.4. The molecule has 0 radical (unpaired) electrons. The molecule has 0 aliphatic heterocycles. The van der Waals surface area contributed by atoms with Crippen LogP contribution >= 0.6 is 11.8 Å². The van der Waals surface area contributed by atoms with Gasteiger partial charge in [0.1, 0.15) is 0 Å². The Balaban J connectivity index is 1.35. The summed E-state index contributed by atoms with van der Waals surface area (Å²) in [6.45, 7) is 4.43. The molecule has 5 heteroatoms. The molecule has 0 amide bonds. The lowest BCUT2D eigenvalue weighted by Crippen LogP contribution is -2.07. The third-order valence-electron chi connectivity index (χ3n) is 5.83. The van der Waals surface area contributed by atoms with Crippen molar-refractivity contribution >= 4 is 23.7 Å². The number of benzene rings is 4. The maximum Gasteiger partial charge on any atom is 0.310 e. The molecule has 0 fully saturated rings. The second kappa shape index (κ2) is 12.9. The van der Waals surface area contributed by atoms with Crippen LogP contribution in [0.25, 0.3) is 22.3 Å². The van der Waals surface area contributed by atoms with Gasteiger partial charge in [-0.05, 0) is 71.5 Å². The Kier molecular flexibility index (Phi) is 9.17. The molecule has 37 heavy (non-hydrogen) atoms. The standard InChI is InChI=1S/C32H30O4S/c1-3-35-31(33)21-23-5-9-25(10-6-23)27-13-17-29(18-14-27)37-30-19-15-28(16-20-30)26-11-7-24(8-12-26)22-32(34)36-4-2/h5-20H,3-4,21-22H2,1-2H3. The van der Waals surface area contributed by atoms with Crippen LogP contribution in [0.3, 0.4) is 0 Å². The Morgan fingerprint density at radius 2 is 0.811 bits per heavy atom. The largest absolute Gasteiger partial charge is 0.466 e. The van der Waals surface area contributed by atoms with Crippen LogP contribution < -0.4 is 0 Å². The Bertz CT molecular complexity index is 1200. The summed E-state index contributed by atoms with van der Waals surface area (Å²) in [5.41, 5.74) is 6.39. The van der Waals surface area contributed by atoms with Crippen LogP contribution in [-0.4, -0.2) is 25.2 Å². The molecule has 0 saturated heterocycles. The van der Waals surface area contributed by atoms with Gasteiger partial charge in [0.05, 0.1) is 26.1 Å². The van der Waals surface area contributed by atoms with Crippen molar-refractivity contribution in [1.82, 2.24) is 0 Å². The highest BCUT2D eigenvalue weighted by Gasteiger charge is 2.07. The van der Waals surface area contributed by atoms with Gasteiger partial charge in [-0.25, -0.2) is 0 Å². The number of esters is 2. The summed E-state index contributed by atoms with van der Waals surface area (Å²) < 4.78 is 10.0. The Labute approximate surface area is 222 Å². The maximum absolute atomic E-state index is 11.7. The highest BCUT2D eigenvalue weighted by molar-refractivity contribution is 7.99. The van der Waals surface area contributed by atoms with E-state index in [1.807, 2.05) is 62.4 Å². The first-order chi connectivity index (χ1) is 18.0. The molecule has 0 heterocycles. The lowest BCUT2D eigenvalue weighted by atomic mass is 10.0. The van der Waals surface area contributed by atoms with Gasteiger partial charge < -0.3 is 9.47 Å². The van der Waals surface area contributed by atoms with Gasteiger partial charge in [-0.2, -0.15) is 0 Å². The Morgan fingerprint density at radius 1 is 0.514 bits per heavy atom. The van der Waals surface area contributed by atoms with Crippen LogP contribution in [0.4, 0.5) is 0 Å². The second-order valence-corrected chi connectivity index (χ2v) is 9.66. The Hall–Kier alpha value is -3.83. The van der Waals surface area contributed by atoms with E-state index >= 15 is 0 Å². The molecule has 0 aliphatic carbocycles. The monoisotopic (exact) mass is 510 g/mol. The predicted octanol–water partition coefficient (Wildman–Crippen LogP) is 7.38. The van der Waals surface area contributed by atoms with Crippen molar-refractivity contribution in [3.63, 3.8) is 0 Å². The van der Waals surface area contributed by atoms with Crippen LogP contribution in [0.1, 0.15) is 25.0 Å². The quantitative estimate of drug-likeness (QED) is 0.208. The number of ether oxygens (including phenoxy) is 2. The summed E-state index contributed by atoms with van der Waals surface area (Å²) in [6.07, 6.45) is 0.590. The maximum atomic E-state index is 11.7. The number of carbonyl (C=O) groups excluding carboxylic acids is 2. The van der Waals surface area contributed by atoms with E-state index in [1.165, 1.54) is 9.79 Å². The van der Waals surface area contributed by atoms with Gasteiger partial charge in [0.2, 0.25) is 0 Å². The van der Waals surface area contributed by atoms with Crippen molar-refractivity contribution in [1.29, 1.82) is 0 Å². The zero-order valence-electron chi connectivity index (χ0n) is 21.1. The van der Waals surface area contributed by atoms with Crippen LogP contribution in [-0.2, 0) is 31.9 Å². The van der Waals surface area contributed by atoms with E-state index in [0.29, 0.717) is 26.1 Å². The van der Waals surface area contributed by atoms with Gasteiger partial charge in [0.15, 0.2) is 0 Å². The van der Waals surface area contributed by atoms with Crippen LogP contribution in [0.5, 0.6) is 0 Å². The molecule has 4 aromatic carbocycles. The molecule has 0 N–H and O–H groups in total. The fourth-order valence-electron chi connectivity index (χ4n) is 3.95. The average Bonchev–Trinajstić information content (AvgIpc) is 2.91. The van der Waals surface area contributed by atoms with E-state index in [1.54, 1.807) is 11.8 Å². The molecule has 4 aromatic rings. The number of carbonyl (C=O) groups is 2. The third-order valence-corrected chi connectivity index (χ3v) is 6.84. The van der Waals surface area contributed by atoms with E-state index < -0.39 is 0 Å². The normalized spacial score (nSPS) is 10.6. The molecular weight excluding hydrogens is 480 g/mol. The summed E-state index contributed by atoms with van der Waals surface area (Å²) in [7, 11) is 0. The highest BCUT2D eigenvalue weighted by atomic mass is 32.2. The van der Waals surface area contributed by atoms with E-state index in [4.69, 9.17) is 9.47 Å². The van der Waals surface area contributed by atoms with Crippen molar-refractivity contribution in [2.45, 2.75) is 36.5 Å². The Morgan fingerprint density at radius 3 is 1.11 bits per heavy atom. The number of rotatable bonds is 10. The van der Waals surface area contributed by atoms with Crippen LogP contribution in [0.15, 0.2) is 107 Å². The topological polar surface area (TPSA) is 52.6 Å². The van der Waals surface area contributed by atoms with E-state index in [2.05, 4.69) is 48.5 Å². The molecule has 0 atom stereocenters. The molecule has 4 nitrogen and oxygen atoms in total. The van der Waals surface area contributed by atoms with Crippen LogP contribution in [0, 0.1) is 0 Å². The average molecular weight is 511 g/mol. The van der Waals surface area contributed by atoms with Gasteiger partial charge >= 0.3 is 11.9 Å². The SMILES string of the molecule is CCOC(=O)Cc1ccc(-c2ccc(Sc3ccc(-c4ccc(CC(=O)OCC)cc4)cc3)cc2)cc1. The molecule has 188 valence electrons. The van der Waals surface area contributed by atoms with Crippen molar-refractivity contribution in [2.75, 3.05) is 13.2 Å². The summed E-state index contributed by atoms with van der Waals surface area (Å²) in [5.74, 6) is -0.401. The summed E-state index contributed by atoms with van der Waals surface area (Å²) in [4.78, 5) is 25.7. The van der Waals surface area contributed by atoms with E-state index in [0.717, 1.165) is 33.4 Å². The van der Waals surface area contributed by atoms with Crippen molar-refractivity contribution in [3.8, 4) is 22.3 Å². The fraction of sp³-hybridized carbons (Fsp3) is 0.188. The third kappa shape index (κ3) is 7.58. The minimum atomic E-state index is -0.200. The van der Waals surface area contributed by atoms with Crippen molar-refractivity contribution in [2.24, 2.45) is 0 Å². The summed E-state index contributed by atoms with van der Waals surface area (Å²) >= 11 is 1.72. The van der Waals surface area contributed by atoms with Crippen LogP contribution in [0.2, 0.25) is 0 Å². The minimum Gasteiger partial charge on any atom is -0.466 e. The van der Waals surface area contributed by atoms with Gasteiger partial charge in [0, 0.05) is 9.79 Å². The fourth-order valence-corrected chi connectivity index (χ4v) is 4.77. The number of hydrogen-bond acceptors (Lipinski definition) is 5. The molecular formula is C32H30O4S. The molecule has 0 aliphatic rings. The first-order valence-corrected chi connectivity index (χ1v) is 13.2. The van der Waals surface area contributed by atoms with Crippen molar-refractivity contribution < 1.29 is 19.1 Å². The predicted molar refractivity (Wildman–Crippen MR) is 149 cm³/mol. The number of hydrogen-bond donors (Lipinski definition) is 0. The van der Waals surface area contributed by atoms with Gasteiger partial charge in [0.25, 0.3) is 0 Å². The lowest BCUT2D eigenvalue weighted by Gasteiger charge is -2.08. The summed E-state index contributed by atoms with van der Waals surface area (Å²) in [5, 5.41) is 0. The van der Waals surface area contributed by atoms with Gasteiger partial charge in [-0.1, -0.05) is 84.6 Å². The molecule has 4 rings (SSSR count). The first kappa shape index (κ1) is 26.2. The van der Waals surface area contributed by atoms with E-state index in [9.17, 15) is 9.59 Å². The van der Waals surface area contributed by atoms with E-state index in [-0.39, 0.29) is 11.9 Å². The minimum absolute atomic E-state index is 0.200. The highest BCUT2D eigenvalue weighted by Crippen LogP contribution is 2.31. The zero-order valence-corrected chi connectivity index (χ0v) is 21.9. The van der Waals surface area contributed by atoms with Gasteiger partial charge in [-0.15, -0.1) is 0 Å². The molecule has 0 unspecified atom stereocenters. The molecule has 0 aromatic heterocycles.